The first-order valence-electron chi connectivity index (χ1n) is 3.57. The van der Waals surface area contributed by atoms with Crippen LogP contribution in [0.2, 0.25) is 0 Å². The summed E-state index contributed by atoms with van der Waals surface area (Å²) in [5.41, 5.74) is 4.68. The van der Waals surface area contributed by atoms with Crippen molar-refractivity contribution in [3.05, 3.63) is 0 Å². The average Bonchev–Trinajstić information content (AvgIpc) is 2.13. The van der Waals surface area contributed by atoms with E-state index in [9.17, 15) is 4.79 Å². The Labute approximate surface area is 60.2 Å². The Morgan fingerprint density at radius 3 is 2.60 bits per heavy atom. The minimum Gasteiger partial charge on any atom is -0.480 e. The van der Waals surface area contributed by atoms with Crippen molar-refractivity contribution in [2.45, 2.75) is 31.7 Å². The lowest BCUT2D eigenvalue weighted by Gasteiger charge is -2.16. The largest absolute Gasteiger partial charge is 0.480 e. The molecule has 0 aromatic rings. The molecule has 1 unspecified atom stereocenters. The van der Waals surface area contributed by atoms with Crippen LogP contribution in [0.1, 0.15) is 26.2 Å². The second-order valence-electron chi connectivity index (χ2n) is 3.31. The van der Waals surface area contributed by atoms with Gasteiger partial charge < -0.3 is 10.8 Å². The fourth-order valence-corrected chi connectivity index (χ4v) is 1.52. The molecule has 0 spiro atoms. The predicted octanol–water partition coefficient (Wildman–Crippen LogP) is 0.588. The quantitative estimate of drug-likeness (QED) is 0.564. The van der Waals surface area contributed by atoms with Crippen LogP contribution < -0.4 is 5.73 Å². The zero-order valence-corrected chi connectivity index (χ0v) is 6.13. The van der Waals surface area contributed by atoms with Gasteiger partial charge in [-0.2, -0.15) is 0 Å². The summed E-state index contributed by atoms with van der Waals surface area (Å²) in [4.78, 5) is 10.5. The van der Waals surface area contributed by atoms with Gasteiger partial charge in [0.2, 0.25) is 0 Å². The minimum atomic E-state index is -0.917. The Morgan fingerprint density at radius 2 is 2.40 bits per heavy atom. The number of carboxylic acids is 1. The van der Waals surface area contributed by atoms with Gasteiger partial charge in [0.05, 0.1) is 0 Å². The maximum atomic E-state index is 10.5. The molecule has 2 atom stereocenters. The van der Waals surface area contributed by atoms with E-state index in [1.165, 1.54) is 0 Å². The Morgan fingerprint density at radius 1 is 1.80 bits per heavy atom. The maximum absolute atomic E-state index is 10.5. The molecule has 0 aromatic carbocycles. The van der Waals surface area contributed by atoms with Gasteiger partial charge >= 0.3 is 5.97 Å². The van der Waals surface area contributed by atoms with Gasteiger partial charge in [0.15, 0.2) is 0 Å². The lowest BCUT2D eigenvalue weighted by molar-refractivity contribution is -0.143. The molecule has 0 radical (unpaired) electrons. The number of rotatable bonds is 1. The smallest absolute Gasteiger partial charge is 0.323 e. The zero-order chi connectivity index (χ0) is 7.78. The summed E-state index contributed by atoms with van der Waals surface area (Å²) in [5, 5.41) is 8.67. The highest BCUT2D eigenvalue weighted by Gasteiger charge is 2.40. The third-order valence-electron chi connectivity index (χ3n) is 2.22. The predicted molar refractivity (Wildman–Crippen MR) is 37.6 cm³/mol. The molecule has 3 heteroatoms. The topological polar surface area (TPSA) is 63.3 Å². The Bertz CT molecular complexity index is 158. The van der Waals surface area contributed by atoms with E-state index in [1.54, 1.807) is 0 Å². The maximum Gasteiger partial charge on any atom is 0.323 e. The lowest BCUT2D eigenvalue weighted by atomic mass is 9.98. The van der Waals surface area contributed by atoms with Crippen LogP contribution in [-0.2, 0) is 4.79 Å². The fourth-order valence-electron chi connectivity index (χ4n) is 1.52. The highest BCUT2D eigenvalue weighted by molar-refractivity contribution is 5.78. The fraction of sp³-hybridized carbons (Fsp3) is 0.857. The van der Waals surface area contributed by atoms with Gasteiger partial charge in [-0.05, 0) is 25.2 Å². The molecule has 0 amide bonds. The number of hydrogen-bond acceptors (Lipinski definition) is 2. The van der Waals surface area contributed by atoms with Crippen LogP contribution in [0.4, 0.5) is 0 Å². The molecule has 0 bridgehead atoms. The monoisotopic (exact) mass is 143 g/mol. The second kappa shape index (κ2) is 2.23. The van der Waals surface area contributed by atoms with Crippen LogP contribution in [0.3, 0.4) is 0 Å². The van der Waals surface area contributed by atoms with Crippen LogP contribution in [0.15, 0.2) is 0 Å². The molecule has 1 rings (SSSR count). The van der Waals surface area contributed by atoms with E-state index in [4.69, 9.17) is 10.8 Å². The van der Waals surface area contributed by atoms with Crippen molar-refractivity contribution in [2.75, 3.05) is 0 Å². The SMILES string of the molecule is CC1CC[C@@](N)(C(=O)O)C1. The van der Waals surface area contributed by atoms with Gasteiger partial charge in [0, 0.05) is 0 Å². The summed E-state index contributed by atoms with van der Waals surface area (Å²) in [6.07, 6.45) is 2.20. The Kier molecular flexibility index (Phi) is 1.68. The molecule has 10 heavy (non-hydrogen) atoms. The third-order valence-corrected chi connectivity index (χ3v) is 2.22. The van der Waals surface area contributed by atoms with Crippen LogP contribution in [0, 0.1) is 5.92 Å². The number of hydrogen-bond donors (Lipinski definition) is 2. The molecule has 0 aromatic heterocycles. The average molecular weight is 143 g/mol. The molecule has 0 saturated heterocycles. The van der Waals surface area contributed by atoms with Gasteiger partial charge in [-0.1, -0.05) is 6.92 Å². The van der Waals surface area contributed by atoms with Gasteiger partial charge in [-0.15, -0.1) is 0 Å². The van der Waals surface area contributed by atoms with Gasteiger partial charge in [0.1, 0.15) is 5.54 Å². The first-order chi connectivity index (χ1) is 4.54. The molecule has 3 N–H and O–H groups in total. The summed E-state index contributed by atoms with van der Waals surface area (Å²) >= 11 is 0. The molecule has 1 saturated carbocycles. The van der Waals surface area contributed by atoms with E-state index >= 15 is 0 Å². The van der Waals surface area contributed by atoms with Crippen molar-refractivity contribution in [3.63, 3.8) is 0 Å². The Hall–Kier alpha value is -0.570. The van der Waals surface area contributed by atoms with E-state index < -0.39 is 11.5 Å². The molecule has 3 nitrogen and oxygen atoms in total. The first-order valence-corrected chi connectivity index (χ1v) is 3.57. The van der Waals surface area contributed by atoms with Crippen molar-refractivity contribution in [2.24, 2.45) is 11.7 Å². The van der Waals surface area contributed by atoms with Gasteiger partial charge in [0.25, 0.3) is 0 Å². The van der Waals surface area contributed by atoms with Gasteiger partial charge in [-0.25, -0.2) is 0 Å². The van der Waals surface area contributed by atoms with E-state index in [2.05, 4.69) is 0 Å². The minimum absolute atomic E-state index is 0.473. The number of aliphatic carboxylic acids is 1. The lowest BCUT2D eigenvalue weighted by Crippen LogP contribution is -2.45. The van der Waals surface area contributed by atoms with Crippen molar-refractivity contribution in [3.8, 4) is 0 Å². The zero-order valence-electron chi connectivity index (χ0n) is 6.13. The third kappa shape index (κ3) is 1.14. The van der Waals surface area contributed by atoms with E-state index in [1.807, 2.05) is 6.92 Å². The van der Waals surface area contributed by atoms with Crippen molar-refractivity contribution in [1.82, 2.24) is 0 Å². The summed E-state index contributed by atoms with van der Waals surface area (Å²) in [7, 11) is 0. The number of carboxylic acid groups (broad SMARTS) is 1. The summed E-state index contributed by atoms with van der Waals surface area (Å²) in [6, 6.07) is 0. The molecular weight excluding hydrogens is 130 g/mol. The van der Waals surface area contributed by atoms with Crippen LogP contribution >= 0.6 is 0 Å². The standard InChI is InChI=1S/C7H13NO2/c1-5-2-3-7(8,4-5)6(9)10/h5H,2-4,8H2,1H3,(H,9,10)/t5?,7-/m0/s1. The van der Waals surface area contributed by atoms with Crippen molar-refractivity contribution < 1.29 is 9.90 Å². The van der Waals surface area contributed by atoms with Gasteiger partial charge in [-0.3, -0.25) is 4.79 Å². The van der Waals surface area contributed by atoms with E-state index in [0.717, 1.165) is 6.42 Å². The number of carbonyl (C=O) groups is 1. The van der Waals surface area contributed by atoms with Crippen molar-refractivity contribution >= 4 is 5.97 Å². The molecule has 1 aliphatic carbocycles. The van der Waals surface area contributed by atoms with Crippen LogP contribution in [-0.4, -0.2) is 16.6 Å². The molecule has 1 aliphatic rings. The molecule has 0 aliphatic heterocycles. The Balaban J connectivity index is 2.63. The number of nitrogens with two attached hydrogens (primary N) is 1. The highest BCUT2D eigenvalue weighted by Crippen LogP contribution is 2.32. The van der Waals surface area contributed by atoms with E-state index in [0.29, 0.717) is 18.8 Å². The highest BCUT2D eigenvalue weighted by atomic mass is 16.4. The normalized spacial score (nSPS) is 40.0. The summed E-state index contributed by atoms with van der Waals surface area (Å²) < 4.78 is 0. The van der Waals surface area contributed by atoms with Crippen LogP contribution in [0.25, 0.3) is 0 Å². The van der Waals surface area contributed by atoms with Crippen molar-refractivity contribution in [1.29, 1.82) is 0 Å². The molecule has 1 fully saturated rings. The summed E-state index contributed by atoms with van der Waals surface area (Å²) in [6.45, 7) is 2.04. The summed E-state index contributed by atoms with van der Waals surface area (Å²) in [5.74, 6) is -0.377. The van der Waals surface area contributed by atoms with Crippen LogP contribution in [0.5, 0.6) is 0 Å². The second-order valence-corrected chi connectivity index (χ2v) is 3.31. The first kappa shape index (κ1) is 7.54. The molecule has 58 valence electrons. The molecular formula is C7H13NO2. The van der Waals surface area contributed by atoms with E-state index in [-0.39, 0.29) is 0 Å². The molecule has 0 heterocycles.